The van der Waals surface area contributed by atoms with Gasteiger partial charge in [0.2, 0.25) is 0 Å². The lowest BCUT2D eigenvalue weighted by Crippen LogP contribution is -2.29. The molecule has 28 heavy (non-hydrogen) atoms. The Hall–Kier alpha value is -2.16. The second kappa shape index (κ2) is 8.46. The topological polar surface area (TPSA) is 66.8 Å². The van der Waals surface area contributed by atoms with Crippen molar-refractivity contribution in [1.29, 1.82) is 0 Å². The molecular weight excluding hydrogens is 460 g/mol. The molecule has 0 aliphatic carbocycles. The fourth-order valence-electron chi connectivity index (χ4n) is 2.44. The van der Waals surface area contributed by atoms with Crippen molar-refractivity contribution in [2.75, 3.05) is 6.54 Å². The maximum Gasteiger partial charge on any atom is 0.284 e. The number of carbonyl (C=O) groups is 1. The van der Waals surface area contributed by atoms with Crippen LogP contribution in [0.2, 0.25) is 0 Å². The number of nitrogens with zero attached hydrogens (tertiary/aromatic N) is 2. The summed E-state index contributed by atoms with van der Waals surface area (Å²) in [6.07, 6.45) is 3.26. The maximum atomic E-state index is 12.7. The number of aryl methyl sites for hydroxylation is 1. The van der Waals surface area contributed by atoms with Crippen LogP contribution in [0.4, 0.5) is 0 Å². The number of rotatable bonds is 5. The number of hydrogen-bond donors (Lipinski definition) is 0. The smallest absolute Gasteiger partial charge is 0.282 e. The van der Waals surface area contributed by atoms with Crippen LogP contribution in [0.5, 0.6) is 0 Å². The molecule has 1 aliphatic rings. The van der Waals surface area contributed by atoms with Crippen LogP contribution in [0.3, 0.4) is 0 Å². The molecule has 2 aromatic rings. The van der Waals surface area contributed by atoms with Gasteiger partial charge in [0.15, 0.2) is 5.17 Å². The molecule has 8 heteroatoms. The van der Waals surface area contributed by atoms with Crippen molar-refractivity contribution < 1.29 is 13.2 Å². The van der Waals surface area contributed by atoms with Crippen LogP contribution >= 0.6 is 27.7 Å². The largest absolute Gasteiger partial charge is 0.284 e. The predicted molar refractivity (Wildman–Crippen MR) is 117 cm³/mol. The lowest BCUT2D eigenvalue weighted by atomic mass is 10.2. The molecule has 1 amide bonds. The van der Waals surface area contributed by atoms with Gasteiger partial charge in [-0.2, -0.15) is 8.42 Å². The van der Waals surface area contributed by atoms with Crippen molar-refractivity contribution in [3.05, 3.63) is 81.7 Å². The van der Waals surface area contributed by atoms with E-state index in [1.165, 1.54) is 23.1 Å². The SMILES string of the molecule is C=CCN1C(=O)/C(=C/c2ccc(Br)cc2)SC1=NS(=O)(=O)c1ccc(C)cc1. The summed E-state index contributed by atoms with van der Waals surface area (Å²) in [4.78, 5) is 14.6. The van der Waals surface area contributed by atoms with Crippen LogP contribution in [-0.2, 0) is 14.8 Å². The third-order valence-corrected chi connectivity index (χ3v) is 6.82. The normalized spacial score (nSPS) is 17.5. The highest BCUT2D eigenvalue weighted by Crippen LogP contribution is 2.33. The van der Waals surface area contributed by atoms with Crippen molar-refractivity contribution in [2.45, 2.75) is 11.8 Å². The molecule has 144 valence electrons. The molecule has 0 N–H and O–H groups in total. The highest BCUT2D eigenvalue weighted by molar-refractivity contribution is 9.10. The van der Waals surface area contributed by atoms with Crippen LogP contribution in [0.1, 0.15) is 11.1 Å². The van der Waals surface area contributed by atoms with E-state index in [0.717, 1.165) is 27.4 Å². The van der Waals surface area contributed by atoms with Gasteiger partial charge in [0, 0.05) is 11.0 Å². The molecule has 1 fully saturated rings. The molecule has 1 saturated heterocycles. The second-order valence-electron chi connectivity index (χ2n) is 6.03. The Labute approximate surface area is 177 Å². The summed E-state index contributed by atoms with van der Waals surface area (Å²) >= 11 is 4.41. The van der Waals surface area contributed by atoms with Crippen LogP contribution in [-0.4, -0.2) is 30.9 Å². The van der Waals surface area contributed by atoms with Gasteiger partial charge in [0.1, 0.15) is 0 Å². The molecule has 5 nitrogen and oxygen atoms in total. The van der Waals surface area contributed by atoms with E-state index in [1.807, 2.05) is 31.2 Å². The molecule has 0 unspecified atom stereocenters. The number of amidine groups is 1. The Morgan fingerprint density at radius 1 is 1.14 bits per heavy atom. The van der Waals surface area contributed by atoms with Crippen molar-refractivity contribution in [3.8, 4) is 0 Å². The van der Waals surface area contributed by atoms with Crippen molar-refractivity contribution in [1.82, 2.24) is 4.90 Å². The summed E-state index contributed by atoms with van der Waals surface area (Å²) in [5, 5.41) is 0.119. The minimum atomic E-state index is -3.93. The highest BCUT2D eigenvalue weighted by Gasteiger charge is 2.34. The van der Waals surface area contributed by atoms with Crippen LogP contribution in [0, 0.1) is 6.92 Å². The summed E-state index contributed by atoms with van der Waals surface area (Å²) in [6.45, 7) is 5.69. The third kappa shape index (κ3) is 4.63. The molecule has 0 aromatic heterocycles. The fraction of sp³-hybridized carbons (Fsp3) is 0.100. The van der Waals surface area contributed by atoms with Gasteiger partial charge < -0.3 is 0 Å². The first-order valence-corrected chi connectivity index (χ1v) is 11.3. The van der Waals surface area contributed by atoms with Crippen LogP contribution < -0.4 is 0 Å². The van der Waals surface area contributed by atoms with E-state index in [-0.39, 0.29) is 22.5 Å². The van der Waals surface area contributed by atoms with Gasteiger partial charge in [-0.3, -0.25) is 9.69 Å². The van der Waals surface area contributed by atoms with Crippen LogP contribution in [0.25, 0.3) is 6.08 Å². The Kier molecular flexibility index (Phi) is 6.22. The quantitative estimate of drug-likeness (QED) is 0.466. The predicted octanol–water partition coefficient (Wildman–Crippen LogP) is 4.60. The van der Waals surface area contributed by atoms with Gasteiger partial charge in [-0.25, -0.2) is 0 Å². The number of hydrogen-bond acceptors (Lipinski definition) is 4. The molecule has 0 radical (unpaired) electrons. The van der Waals surface area contributed by atoms with E-state index in [1.54, 1.807) is 18.2 Å². The first-order chi connectivity index (χ1) is 13.3. The van der Waals surface area contributed by atoms with Gasteiger partial charge in [-0.1, -0.05) is 51.8 Å². The van der Waals surface area contributed by atoms with Crippen molar-refractivity contribution in [2.24, 2.45) is 4.40 Å². The Balaban J connectivity index is 1.98. The minimum absolute atomic E-state index is 0.0857. The lowest BCUT2D eigenvalue weighted by Gasteiger charge is -2.12. The summed E-state index contributed by atoms with van der Waals surface area (Å²) in [5.74, 6) is -0.300. The number of amides is 1. The summed E-state index contributed by atoms with van der Waals surface area (Å²) in [5.41, 5.74) is 1.78. The molecule has 3 rings (SSSR count). The molecular formula is C20H17BrN2O3S2. The van der Waals surface area contributed by atoms with E-state index in [2.05, 4.69) is 26.9 Å². The number of carbonyl (C=O) groups excluding carboxylic acids is 1. The highest BCUT2D eigenvalue weighted by atomic mass is 79.9. The number of thioether (sulfide) groups is 1. The number of benzene rings is 2. The van der Waals surface area contributed by atoms with E-state index >= 15 is 0 Å². The van der Waals surface area contributed by atoms with Crippen molar-refractivity contribution >= 4 is 54.9 Å². The third-order valence-electron chi connectivity index (χ3n) is 3.88. The van der Waals surface area contributed by atoms with Gasteiger partial charge in [0.05, 0.1) is 9.80 Å². The molecule has 0 saturated carbocycles. The minimum Gasteiger partial charge on any atom is -0.282 e. The van der Waals surface area contributed by atoms with Gasteiger partial charge in [0.25, 0.3) is 15.9 Å². The average molecular weight is 477 g/mol. The summed E-state index contributed by atoms with van der Waals surface area (Å²) < 4.78 is 30.2. The first-order valence-electron chi connectivity index (χ1n) is 8.30. The Bertz CT molecular complexity index is 1070. The van der Waals surface area contributed by atoms with E-state index in [4.69, 9.17) is 0 Å². The van der Waals surface area contributed by atoms with Crippen LogP contribution in [0.15, 0.2) is 79.9 Å². The first kappa shape index (κ1) is 20.6. The zero-order chi connectivity index (χ0) is 20.3. The fourth-order valence-corrected chi connectivity index (χ4v) is 4.90. The van der Waals surface area contributed by atoms with Gasteiger partial charge in [-0.15, -0.1) is 11.0 Å². The zero-order valence-electron chi connectivity index (χ0n) is 15.0. The Morgan fingerprint density at radius 2 is 1.79 bits per heavy atom. The van der Waals surface area contributed by atoms with E-state index < -0.39 is 10.0 Å². The lowest BCUT2D eigenvalue weighted by molar-refractivity contribution is -0.121. The molecule has 0 atom stereocenters. The number of halogens is 1. The summed E-state index contributed by atoms with van der Waals surface area (Å²) in [6, 6.07) is 13.9. The van der Waals surface area contributed by atoms with Gasteiger partial charge >= 0.3 is 0 Å². The Morgan fingerprint density at radius 3 is 2.39 bits per heavy atom. The molecule has 0 bridgehead atoms. The van der Waals surface area contributed by atoms with Gasteiger partial charge in [-0.05, 0) is 54.6 Å². The monoisotopic (exact) mass is 476 g/mol. The second-order valence-corrected chi connectivity index (χ2v) is 9.56. The standard InChI is InChI=1S/C20H17BrN2O3S2/c1-3-12-23-19(24)18(13-15-6-8-16(21)9-7-15)27-20(23)22-28(25,26)17-10-4-14(2)5-11-17/h3-11,13H,1,12H2,2H3/b18-13-,22-20?. The average Bonchev–Trinajstić information content (AvgIpc) is 2.92. The molecule has 2 aromatic carbocycles. The van der Waals surface area contributed by atoms with Crippen molar-refractivity contribution in [3.63, 3.8) is 0 Å². The number of sulfonamides is 1. The molecule has 0 spiro atoms. The van der Waals surface area contributed by atoms with E-state index in [9.17, 15) is 13.2 Å². The zero-order valence-corrected chi connectivity index (χ0v) is 18.2. The molecule has 1 heterocycles. The summed E-state index contributed by atoms with van der Waals surface area (Å²) in [7, 11) is -3.93. The maximum absolute atomic E-state index is 12.7. The van der Waals surface area contributed by atoms with E-state index in [0.29, 0.717) is 4.91 Å². The molecule has 1 aliphatic heterocycles.